The highest BCUT2D eigenvalue weighted by Gasteiger charge is 2.36. The average molecular weight is 264 g/mol. The minimum Gasteiger partial charge on any atom is -0.383 e. The molecule has 5 rings (SSSR count). The Morgan fingerprint density at radius 2 is 2.00 bits per heavy atom. The molecule has 18 heavy (non-hydrogen) atoms. The Labute approximate surface area is 112 Å². The molecule has 4 fully saturated rings. The molecule has 1 aromatic heterocycles. The lowest BCUT2D eigenvalue weighted by Crippen LogP contribution is -2.53. The van der Waals surface area contributed by atoms with Crippen LogP contribution in [0.4, 0.5) is 10.8 Å². The van der Waals surface area contributed by atoms with E-state index in [0.29, 0.717) is 12.0 Å². The molecule has 5 heteroatoms. The number of rotatable bonds is 3. The van der Waals surface area contributed by atoms with Gasteiger partial charge in [0.15, 0.2) is 0 Å². The molecular weight excluding hydrogens is 244 g/mol. The Kier molecular flexibility index (Phi) is 2.52. The summed E-state index contributed by atoms with van der Waals surface area (Å²) >= 11 is 1.56. The maximum absolute atomic E-state index is 6.01. The van der Waals surface area contributed by atoms with E-state index in [9.17, 15) is 0 Å². The van der Waals surface area contributed by atoms with Gasteiger partial charge in [0.2, 0.25) is 0 Å². The molecule has 0 spiro atoms. The van der Waals surface area contributed by atoms with Gasteiger partial charge in [-0.2, -0.15) is 4.37 Å². The second-order valence-electron chi connectivity index (χ2n) is 5.97. The Balaban J connectivity index is 1.54. The fraction of sp³-hybridized carbons (Fsp3) is 0.769. The van der Waals surface area contributed by atoms with E-state index in [4.69, 9.17) is 5.73 Å². The van der Waals surface area contributed by atoms with Crippen LogP contribution in [0.5, 0.6) is 0 Å². The lowest BCUT2D eigenvalue weighted by molar-refractivity contribution is 0.0976. The minimum absolute atomic E-state index is 0.616. The van der Waals surface area contributed by atoms with Gasteiger partial charge in [0.1, 0.15) is 10.8 Å². The van der Waals surface area contributed by atoms with Crippen molar-refractivity contribution in [2.75, 3.05) is 30.7 Å². The van der Waals surface area contributed by atoms with Crippen molar-refractivity contribution in [2.24, 2.45) is 5.92 Å². The summed E-state index contributed by atoms with van der Waals surface area (Å²) in [4.78, 5) is 2.58. The van der Waals surface area contributed by atoms with Gasteiger partial charge in [0.05, 0.1) is 0 Å². The standard InChI is InChI=1S/C13H20N4S/c14-12-11(9-1-2-9)13(18-16-12)15-10-7-17-5-3-8(10)4-6-17/h8-10,15H,1-7H2,(H2,14,16). The highest BCUT2D eigenvalue weighted by atomic mass is 32.1. The van der Waals surface area contributed by atoms with Gasteiger partial charge >= 0.3 is 0 Å². The summed E-state index contributed by atoms with van der Waals surface area (Å²) in [6.45, 7) is 3.79. The third-order valence-electron chi connectivity index (χ3n) is 4.71. The normalized spacial score (nSPS) is 34.8. The predicted octanol–water partition coefficient (Wildman–Crippen LogP) is 2.11. The molecule has 3 aliphatic heterocycles. The molecule has 3 saturated heterocycles. The number of hydrogen-bond donors (Lipinski definition) is 2. The average Bonchev–Trinajstić information content (AvgIpc) is 3.17. The lowest BCUT2D eigenvalue weighted by atomic mass is 9.84. The topological polar surface area (TPSA) is 54.2 Å². The molecule has 1 saturated carbocycles. The smallest absolute Gasteiger partial charge is 0.142 e. The molecular formula is C13H20N4S. The molecule has 1 aliphatic carbocycles. The molecule has 0 aromatic carbocycles. The molecule has 0 radical (unpaired) electrons. The first kappa shape index (κ1) is 11.1. The number of aromatic nitrogens is 1. The molecule has 0 amide bonds. The number of piperidine rings is 3. The maximum atomic E-state index is 6.01. The van der Waals surface area contributed by atoms with Crippen LogP contribution in [-0.4, -0.2) is 34.9 Å². The van der Waals surface area contributed by atoms with Crippen LogP contribution in [0.25, 0.3) is 0 Å². The summed E-state index contributed by atoms with van der Waals surface area (Å²) in [6, 6.07) is 0.616. The Hall–Kier alpha value is -0.810. The van der Waals surface area contributed by atoms with Crippen molar-refractivity contribution < 1.29 is 0 Å². The van der Waals surface area contributed by atoms with E-state index in [1.165, 1.54) is 55.9 Å². The summed E-state index contributed by atoms with van der Waals surface area (Å²) in [5.74, 6) is 2.31. The summed E-state index contributed by atoms with van der Waals surface area (Å²) in [5, 5.41) is 5.02. The number of fused-ring (bicyclic) bond motifs is 3. The van der Waals surface area contributed by atoms with Crippen LogP contribution < -0.4 is 11.1 Å². The lowest BCUT2D eigenvalue weighted by Gasteiger charge is -2.45. The van der Waals surface area contributed by atoms with Crippen LogP contribution in [0, 0.1) is 5.92 Å². The second kappa shape index (κ2) is 4.10. The molecule has 3 N–H and O–H groups in total. The van der Waals surface area contributed by atoms with Crippen molar-refractivity contribution in [1.29, 1.82) is 0 Å². The summed E-state index contributed by atoms with van der Waals surface area (Å²) in [7, 11) is 0. The molecule has 98 valence electrons. The Morgan fingerprint density at radius 3 is 2.61 bits per heavy atom. The maximum Gasteiger partial charge on any atom is 0.142 e. The minimum atomic E-state index is 0.616. The van der Waals surface area contributed by atoms with Crippen molar-refractivity contribution in [2.45, 2.75) is 37.6 Å². The highest BCUT2D eigenvalue weighted by molar-refractivity contribution is 7.10. The van der Waals surface area contributed by atoms with Crippen LogP contribution >= 0.6 is 11.5 Å². The van der Waals surface area contributed by atoms with E-state index in [-0.39, 0.29) is 0 Å². The van der Waals surface area contributed by atoms with Crippen molar-refractivity contribution in [3.05, 3.63) is 5.56 Å². The van der Waals surface area contributed by atoms with Gasteiger partial charge in [-0.25, -0.2) is 0 Å². The number of hydrogen-bond acceptors (Lipinski definition) is 5. The van der Waals surface area contributed by atoms with Gasteiger partial charge in [0.25, 0.3) is 0 Å². The summed E-state index contributed by atoms with van der Waals surface area (Å²) in [5.41, 5.74) is 7.33. The van der Waals surface area contributed by atoms with Crippen LogP contribution in [0.15, 0.2) is 0 Å². The van der Waals surface area contributed by atoms with E-state index >= 15 is 0 Å². The SMILES string of the molecule is Nc1nsc(NC2CN3CCC2CC3)c1C1CC1. The quantitative estimate of drug-likeness (QED) is 0.878. The fourth-order valence-corrected chi connectivity index (χ4v) is 4.34. The van der Waals surface area contributed by atoms with E-state index in [1.54, 1.807) is 11.5 Å². The van der Waals surface area contributed by atoms with Crippen molar-refractivity contribution in [3.8, 4) is 0 Å². The summed E-state index contributed by atoms with van der Waals surface area (Å²) in [6.07, 6.45) is 5.28. The number of anilines is 2. The molecule has 2 bridgehead atoms. The van der Waals surface area contributed by atoms with E-state index < -0.39 is 0 Å². The first-order valence-corrected chi connectivity index (χ1v) is 7.82. The zero-order valence-electron chi connectivity index (χ0n) is 10.6. The summed E-state index contributed by atoms with van der Waals surface area (Å²) < 4.78 is 4.35. The monoisotopic (exact) mass is 264 g/mol. The number of nitrogens with zero attached hydrogens (tertiary/aromatic N) is 2. The second-order valence-corrected chi connectivity index (χ2v) is 6.75. The number of nitrogen functional groups attached to an aromatic ring is 1. The molecule has 4 heterocycles. The first-order valence-electron chi connectivity index (χ1n) is 7.05. The van der Waals surface area contributed by atoms with Crippen molar-refractivity contribution in [3.63, 3.8) is 0 Å². The van der Waals surface area contributed by atoms with Crippen molar-refractivity contribution >= 4 is 22.4 Å². The van der Waals surface area contributed by atoms with Gasteiger partial charge in [-0.1, -0.05) is 0 Å². The van der Waals surface area contributed by atoms with Gasteiger partial charge in [-0.05, 0) is 62.1 Å². The molecule has 1 atom stereocenters. The van der Waals surface area contributed by atoms with E-state index in [2.05, 4.69) is 14.6 Å². The van der Waals surface area contributed by atoms with Crippen LogP contribution in [0.3, 0.4) is 0 Å². The Bertz CT molecular complexity index is 446. The van der Waals surface area contributed by atoms with E-state index in [0.717, 1.165) is 11.7 Å². The van der Waals surface area contributed by atoms with Crippen LogP contribution in [0.1, 0.15) is 37.2 Å². The number of nitrogens with one attached hydrogen (secondary N) is 1. The molecule has 4 aliphatic rings. The predicted molar refractivity (Wildman–Crippen MR) is 75.1 cm³/mol. The van der Waals surface area contributed by atoms with E-state index in [1.807, 2.05) is 0 Å². The van der Waals surface area contributed by atoms with Crippen LogP contribution in [0.2, 0.25) is 0 Å². The van der Waals surface area contributed by atoms with Crippen molar-refractivity contribution in [1.82, 2.24) is 9.27 Å². The van der Waals surface area contributed by atoms with Gasteiger partial charge in [-0.15, -0.1) is 0 Å². The third kappa shape index (κ3) is 1.80. The molecule has 4 nitrogen and oxygen atoms in total. The zero-order valence-corrected chi connectivity index (χ0v) is 11.4. The zero-order chi connectivity index (χ0) is 12.1. The van der Waals surface area contributed by atoms with Gasteiger partial charge in [-0.3, -0.25) is 0 Å². The number of nitrogens with two attached hydrogens (primary N) is 1. The fourth-order valence-electron chi connectivity index (χ4n) is 3.48. The van der Waals surface area contributed by atoms with Crippen LogP contribution in [-0.2, 0) is 0 Å². The van der Waals surface area contributed by atoms with Gasteiger partial charge in [0, 0.05) is 18.2 Å². The molecule has 1 aromatic rings. The first-order chi connectivity index (χ1) is 8.81. The highest BCUT2D eigenvalue weighted by Crippen LogP contribution is 2.48. The Morgan fingerprint density at radius 1 is 1.22 bits per heavy atom. The molecule has 1 unspecified atom stereocenters. The largest absolute Gasteiger partial charge is 0.383 e. The van der Waals surface area contributed by atoms with Gasteiger partial charge < -0.3 is 16.0 Å². The third-order valence-corrected chi connectivity index (χ3v) is 5.52.